The number of carbonyl (C=O) groups is 1. The van der Waals surface area contributed by atoms with Crippen LogP contribution < -0.4 is 14.2 Å². The third-order valence-electron chi connectivity index (χ3n) is 5.52. The number of carboxylic acid groups (broad SMARTS) is 1. The molecule has 190 valence electrons. The van der Waals surface area contributed by atoms with Crippen LogP contribution >= 0.6 is 0 Å². The van der Waals surface area contributed by atoms with Crippen LogP contribution in [0.1, 0.15) is 16.7 Å². The summed E-state index contributed by atoms with van der Waals surface area (Å²) in [6, 6.07) is 28.6. The van der Waals surface area contributed by atoms with Crippen LogP contribution in [-0.2, 0) is 29.2 Å². The lowest BCUT2D eigenvalue weighted by molar-refractivity contribution is -0.136. The Kier molecular flexibility index (Phi) is 9.10. The van der Waals surface area contributed by atoms with Gasteiger partial charge in [0.05, 0.1) is 13.0 Å². The number of aromatic nitrogens is 1. The standard InChI is InChI=1S/C30H29NO6/c1-34-16-17-35-27-14-12-24(19-29(32)33)18-26(27)25-13-15-28(36-20-22-8-4-2-5-9-22)31-30(25)37-21-23-10-6-3-7-11-23/h2-15,18H,16-17,19-21H2,1H3,(H,32,33). The molecular formula is C30H29NO6. The summed E-state index contributed by atoms with van der Waals surface area (Å²) in [4.78, 5) is 16.0. The van der Waals surface area contributed by atoms with E-state index in [0.717, 1.165) is 11.1 Å². The first-order chi connectivity index (χ1) is 18.1. The third kappa shape index (κ3) is 7.56. The number of rotatable bonds is 13. The highest BCUT2D eigenvalue weighted by Crippen LogP contribution is 2.38. The van der Waals surface area contributed by atoms with Gasteiger partial charge in [-0.25, -0.2) is 0 Å². The van der Waals surface area contributed by atoms with Crippen molar-refractivity contribution in [2.24, 2.45) is 0 Å². The van der Waals surface area contributed by atoms with Crippen molar-refractivity contribution in [3.63, 3.8) is 0 Å². The molecule has 7 heteroatoms. The van der Waals surface area contributed by atoms with E-state index in [1.54, 1.807) is 31.4 Å². The van der Waals surface area contributed by atoms with Crippen LogP contribution in [0, 0.1) is 0 Å². The molecule has 1 aromatic heterocycles. The quantitative estimate of drug-likeness (QED) is 0.241. The Labute approximate surface area is 216 Å². The summed E-state index contributed by atoms with van der Waals surface area (Å²) in [6.07, 6.45) is -0.114. The predicted molar refractivity (Wildman–Crippen MR) is 140 cm³/mol. The summed E-state index contributed by atoms with van der Waals surface area (Å²) in [5.74, 6) is 0.440. The van der Waals surface area contributed by atoms with Crippen LogP contribution in [-0.4, -0.2) is 36.4 Å². The molecule has 0 aliphatic rings. The number of pyridine rings is 1. The molecule has 3 aromatic carbocycles. The van der Waals surface area contributed by atoms with Gasteiger partial charge >= 0.3 is 5.97 Å². The molecule has 0 atom stereocenters. The largest absolute Gasteiger partial charge is 0.491 e. The van der Waals surface area contributed by atoms with Gasteiger partial charge in [-0.05, 0) is 34.9 Å². The number of methoxy groups -OCH3 is 1. The molecule has 0 fully saturated rings. The second-order valence-corrected chi connectivity index (χ2v) is 8.29. The highest BCUT2D eigenvalue weighted by atomic mass is 16.5. The monoisotopic (exact) mass is 499 g/mol. The lowest BCUT2D eigenvalue weighted by Gasteiger charge is -2.17. The van der Waals surface area contributed by atoms with E-state index in [1.165, 1.54) is 0 Å². The predicted octanol–water partition coefficient (Wildman–Crippen LogP) is 5.56. The Morgan fingerprint density at radius 3 is 2.05 bits per heavy atom. The molecule has 0 saturated carbocycles. The first-order valence-electron chi connectivity index (χ1n) is 11.9. The first-order valence-corrected chi connectivity index (χ1v) is 11.9. The van der Waals surface area contributed by atoms with Gasteiger partial charge in [0, 0.05) is 24.3 Å². The number of benzene rings is 3. The van der Waals surface area contributed by atoms with E-state index in [2.05, 4.69) is 4.98 Å². The molecule has 7 nitrogen and oxygen atoms in total. The van der Waals surface area contributed by atoms with Crippen molar-refractivity contribution in [1.82, 2.24) is 4.98 Å². The van der Waals surface area contributed by atoms with Crippen LogP contribution in [0.5, 0.6) is 17.5 Å². The van der Waals surface area contributed by atoms with Gasteiger partial charge in [-0.2, -0.15) is 4.98 Å². The molecule has 0 amide bonds. The van der Waals surface area contributed by atoms with Gasteiger partial charge in [-0.3, -0.25) is 4.79 Å². The number of carboxylic acids is 1. The molecule has 0 bridgehead atoms. The molecule has 4 rings (SSSR count). The van der Waals surface area contributed by atoms with E-state index in [9.17, 15) is 9.90 Å². The number of nitrogens with zero attached hydrogens (tertiary/aromatic N) is 1. The van der Waals surface area contributed by atoms with Gasteiger partial charge in [0.1, 0.15) is 25.6 Å². The Hall–Kier alpha value is -4.36. The molecule has 1 heterocycles. The zero-order chi connectivity index (χ0) is 25.9. The Balaban J connectivity index is 1.69. The molecule has 0 saturated heterocycles. The van der Waals surface area contributed by atoms with Crippen LogP contribution in [0.2, 0.25) is 0 Å². The van der Waals surface area contributed by atoms with Gasteiger partial charge in [0.15, 0.2) is 0 Å². The zero-order valence-electron chi connectivity index (χ0n) is 20.6. The van der Waals surface area contributed by atoms with E-state index < -0.39 is 5.97 Å². The summed E-state index contributed by atoms with van der Waals surface area (Å²) in [5, 5.41) is 9.32. The van der Waals surface area contributed by atoms with Gasteiger partial charge in [-0.15, -0.1) is 0 Å². The lowest BCUT2D eigenvalue weighted by Crippen LogP contribution is -2.07. The second-order valence-electron chi connectivity index (χ2n) is 8.29. The summed E-state index contributed by atoms with van der Waals surface area (Å²) in [7, 11) is 1.61. The second kappa shape index (κ2) is 13.1. The maximum absolute atomic E-state index is 11.4. The van der Waals surface area contributed by atoms with Crippen molar-refractivity contribution >= 4 is 5.97 Å². The third-order valence-corrected chi connectivity index (χ3v) is 5.52. The van der Waals surface area contributed by atoms with Crippen molar-refractivity contribution in [1.29, 1.82) is 0 Å². The van der Waals surface area contributed by atoms with Crippen molar-refractivity contribution in [3.05, 3.63) is 108 Å². The average molecular weight is 500 g/mol. The summed E-state index contributed by atoms with van der Waals surface area (Å²) >= 11 is 0. The molecule has 0 spiro atoms. The van der Waals surface area contributed by atoms with Gasteiger partial charge in [0.25, 0.3) is 0 Å². The Morgan fingerprint density at radius 2 is 1.41 bits per heavy atom. The minimum absolute atomic E-state index is 0.114. The molecule has 0 aliphatic heterocycles. The smallest absolute Gasteiger partial charge is 0.307 e. The van der Waals surface area contributed by atoms with E-state index >= 15 is 0 Å². The minimum Gasteiger partial charge on any atom is -0.491 e. The fraction of sp³-hybridized carbons (Fsp3) is 0.200. The Bertz CT molecular complexity index is 1290. The van der Waals surface area contributed by atoms with Gasteiger partial charge in [-0.1, -0.05) is 66.7 Å². The van der Waals surface area contributed by atoms with E-state index in [4.69, 9.17) is 18.9 Å². The number of aliphatic carboxylic acids is 1. The topological polar surface area (TPSA) is 87.1 Å². The van der Waals surface area contributed by atoms with Crippen molar-refractivity contribution in [2.45, 2.75) is 19.6 Å². The molecule has 4 aromatic rings. The van der Waals surface area contributed by atoms with E-state index in [0.29, 0.717) is 60.6 Å². The maximum Gasteiger partial charge on any atom is 0.307 e. The van der Waals surface area contributed by atoms with E-state index in [-0.39, 0.29) is 6.42 Å². The molecular weight excluding hydrogens is 470 g/mol. The average Bonchev–Trinajstić information content (AvgIpc) is 2.92. The van der Waals surface area contributed by atoms with E-state index in [1.807, 2.05) is 66.7 Å². The molecule has 0 radical (unpaired) electrons. The Morgan fingerprint density at radius 1 is 0.730 bits per heavy atom. The zero-order valence-corrected chi connectivity index (χ0v) is 20.6. The number of ether oxygens (including phenoxy) is 4. The normalized spacial score (nSPS) is 10.6. The fourth-order valence-electron chi connectivity index (χ4n) is 3.71. The van der Waals surface area contributed by atoms with Crippen LogP contribution in [0.3, 0.4) is 0 Å². The van der Waals surface area contributed by atoms with Gasteiger partial charge < -0.3 is 24.1 Å². The molecule has 1 N–H and O–H groups in total. The number of hydrogen-bond donors (Lipinski definition) is 1. The SMILES string of the molecule is COCCOc1ccc(CC(=O)O)cc1-c1ccc(OCc2ccccc2)nc1OCc1ccccc1. The lowest BCUT2D eigenvalue weighted by atomic mass is 10.0. The molecule has 37 heavy (non-hydrogen) atoms. The number of hydrogen-bond acceptors (Lipinski definition) is 6. The first kappa shape index (κ1) is 25.7. The fourth-order valence-corrected chi connectivity index (χ4v) is 3.71. The molecule has 0 unspecified atom stereocenters. The van der Waals surface area contributed by atoms with Crippen molar-refractivity contribution in [3.8, 4) is 28.6 Å². The minimum atomic E-state index is -0.915. The highest BCUT2D eigenvalue weighted by molar-refractivity contribution is 5.77. The van der Waals surface area contributed by atoms with Crippen molar-refractivity contribution < 1.29 is 28.8 Å². The van der Waals surface area contributed by atoms with Crippen LogP contribution in [0.15, 0.2) is 91.0 Å². The summed E-state index contributed by atoms with van der Waals surface area (Å²) < 4.78 is 23.2. The molecule has 0 aliphatic carbocycles. The summed E-state index contributed by atoms with van der Waals surface area (Å²) in [5.41, 5.74) is 4.00. The van der Waals surface area contributed by atoms with Crippen LogP contribution in [0.25, 0.3) is 11.1 Å². The highest BCUT2D eigenvalue weighted by Gasteiger charge is 2.17. The summed E-state index contributed by atoms with van der Waals surface area (Å²) in [6.45, 7) is 1.42. The maximum atomic E-state index is 11.4. The van der Waals surface area contributed by atoms with Crippen LogP contribution in [0.4, 0.5) is 0 Å². The van der Waals surface area contributed by atoms with Gasteiger partial charge in [0.2, 0.25) is 11.8 Å². The van der Waals surface area contributed by atoms with Crippen molar-refractivity contribution in [2.75, 3.05) is 20.3 Å².